The van der Waals surface area contributed by atoms with Crippen molar-refractivity contribution in [3.8, 4) is 11.1 Å². The summed E-state index contributed by atoms with van der Waals surface area (Å²) in [6.07, 6.45) is 2.15. The highest BCUT2D eigenvalue weighted by Crippen LogP contribution is 2.40. The van der Waals surface area contributed by atoms with E-state index >= 15 is 0 Å². The highest BCUT2D eigenvalue weighted by Gasteiger charge is 2.19. The van der Waals surface area contributed by atoms with Crippen molar-refractivity contribution in [2.45, 2.75) is 0 Å². The number of benzene rings is 2. The lowest BCUT2D eigenvalue weighted by Crippen LogP contribution is -1.78. The summed E-state index contributed by atoms with van der Waals surface area (Å²) < 4.78 is 0. The molecule has 0 spiro atoms. The van der Waals surface area contributed by atoms with E-state index in [0.29, 0.717) is 0 Å². The summed E-state index contributed by atoms with van der Waals surface area (Å²) in [5.41, 5.74) is 4.93. The van der Waals surface area contributed by atoms with E-state index in [9.17, 15) is 0 Å². The Balaban J connectivity index is 2.33. The highest BCUT2D eigenvalue weighted by molar-refractivity contribution is 6.32. The van der Waals surface area contributed by atoms with Crippen LogP contribution in [0.25, 0.3) is 11.1 Å². The maximum atomic E-state index is 6.13. The van der Waals surface area contributed by atoms with Gasteiger partial charge in [0.2, 0.25) is 0 Å². The van der Waals surface area contributed by atoms with Crippen LogP contribution in [0, 0.1) is 6.42 Å². The fourth-order valence-electron chi connectivity index (χ4n) is 1.94. The molecule has 0 heterocycles. The summed E-state index contributed by atoms with van der Waals surface area (Å²) in [5.74, 6) is 0. The Hall–Kier alpha value is -1.27. The van der Waals surface area contributed by atoms with E-state index in [-0.39, 0.29) is 0 Å². The van der Waals surface area contributed by atoms with Crippen LogP contribution in [-0.4, -0.2) is 0 Å². The van der Waals surface area contributed by atoms with Crippen LogP contribution in [0.5, 0.6) is 0 Å². The predicted octanol–water partition coefficient (Wildman–Crippen LogP) is 3.92. The molecule has 1 heteroatoms. The normalized spacial score (nSPS) is 12.4. The van der Waals surface area contributed by atoms with Crippen molar-refractivity contribution in [2.24, 2.45) is 0 Å². The first-order valence-electron chi connectivity index (χ1n) is 4.59. The molecular formula is C13H8Cl. The predicted molar refractivity (Wildman–Crippen MR) is 59.4 cm³/mol. The van der Waals surface area contributed by atoms with Crippen LogP contribution >= 0.6 is 11.6 Å². The minimum absolute atomic E-state index is 0.832. The second-order valence-electron chi connectivity index (χ2n) is 3.43. The molecule has 67 valence electrons. The van der Waals surface area contributed by atoms with Gasteiger partial charge in [-0.3, -0.25) is 0 Å². The van der Waals surface area contributed by atoms with Crippen LogP contribution in [-0.2, 0) is 0 Å². The van der Waals surface area contributed by atoms with Crippen LogP contribution in [0.15, 0.2) is 42.5 Å². The van der Waals surface area contributed by atoms with Crippen LogP contribution in [0.2, 0.25) is 5.02 Å². The number of hydrogen-bond donors (Lipinski definition) is 0. The Morgan fingerprint density at radius 1 is 0.786 bits per heavy atom. The second kappa shape index (κ2) is 2.86. The van der Waals surface area contributed by atoms with Crippen molar-refractivity contribution in [2.75, 3.05) is 0 Å². The first-order chi connectivity index (χ1) is 6.86. The minimum Gasteiger partial charge on any atom is -0.0840 e. The van der Waals surface area contributed by atoms with E-state index in [1.54, 1.807) is 0 Å². The molecule has 1 aliphatic carbocycles. The number of halogens is 1. The van der Waals surface area contributed by atoms with Crippen LogP contribution < -0.4 is 0 Å². The molecule has 0 fully saturated rings. The molecule has 0 aliphatic heterocycles. The van der Waals surface area contributed by atoms with Crippen molar-refractivity contribution in [1.82, 2.24) is 0 Å². The lowest BCUT2D eigenvalue weighted by Gasteiger charge is -2.00. The number of hydrogen-bond acceptors (Lipinski definition) is 0. The lowest BCUT2D eigenvalue weighted by atomic mass is 10.1. The zero-order valence-corrected chi connectivity index (χ0v) is 8.25. The van der Waals surface area contributed by atoms with E-state index < -0.39 is 0 Å². The first kappa shape index (κ1) is 8.07. The molecule has 2 aromatic rings. The van der Waals surface area contributed by atoms with Crippen molar-refractivity contribution in [1.29, 1.82) is 0 Å². The molecule has 0 saturated heterocycles. The molecule has 0 amide bonds. The van der Waals surface area contributed by atoms with Gasteiger partial charge in [0.1, 0.15) is 0 Å². The molecule has 3 rings (SSSR count). The average Bonchev–Trinajstić information content (AvgIpc) is 2.59. The number of fused-ring (bicyclic) bond motifs is 3. The Morgan fingerprint density at radius 3 is 2.50 bits per heavy atom. The third-order valence-corrected chi connectivity index (χ3v) is 2.93. The quantitative estimate of drug-likeness (QED) is 0.515. The maximum Gasteiger partial charge on any atom is 0.0450 e. The van der Waals surface area contributed by atoms with E-state index in [1.165, 1.54) is 16.7 Å². The van der Waals surface area contributed by atoms with Gasteiger partial charge in [0, 0.05) is 11.4 Å². The molecule has 1 aliphatic rings. The van der Waals surface area contributed by atoms with Gasteiger partial charge in [0.05, 0.1) is 0 Å². The van der Waals surface area contributed by atoms with Gasteiger partial charge < -0.3 is 0 Å². The van der Waals surface area contributed by atoms with Gasteiger partial charge in [0.15, 0.2) is 0 Å². The third-order valence-electron chi connectivity index (χ3n) is 2.60. The fourth-order valence-corrected chi connectivity index (χ4v) is 2.17. The summed E-state index contributed by atoms with van der Waals surface area (Å²) in [5, 5.41) is 0.832. The maximum absolute atomic E-state index is 6.13. The van der Waals surface area contributed by atoms with Gasteiger partial charge in [-0.05, 0) is 28.3 Å². The smallest absolute Gasteiger partial charge is 0.0450 e. The summed E-state index contributed by atoms with van der Waals surface area (Å²) in [6.45, 7) is 0. The molecule has 0 aromatic heterocycles. The summed E-state index contributed by atoms with van der Waals surface area (Å²) in [7, 11) is 0. The molecule has 0 atom stereocenters. The molecule has 0 N–H and O–H groups in total. The molecule has 1 radical (unpaired) electrons. The molecule has 0 bridgehead atoms. The standard InChI is InChI=1S/C13H8Cl/c14-13-7-3-6-11-10-5-2-1-4-9(10)8-12(11)13/h1-8H. The van der Waals surface area contributed by atoms with Gasteiger partial charge in [-0.1, -0.05) is 48.0 Å². The lowest BCUT2D eigenvalue weighted by molar-refractivity contribution is 1.54. The minimum atomic E-state index is 0.832. The fraction of sp³-hybridized carbons (Fsp3) is 0. The molecule has 0 unspecified atom stereocenters. The van der Waals surface area contributed by atoms with Gasteiger partial charge >= 0.3 is 0 Å². The van der Waals surface area contributed by atoms with E-state index in [1.807, 2.05) is 12.1 Å². The van der Waals surface area contributed by atoms with Crippen molar-refractivity contribution in [3.63, 3.8) is 0 Å². The van der Waals surface area contributed by atoms with E-state index in [0.717, 1.165) is 10.6 Å². The second-order valence-corrected chi connectivity index (χ2v) is 3.84. The van der Waals surface area contributed by atoms with E-state index in [4.69, 9.17) is 11.6 Å². The van der Waals surface area contributed by atoms with Crippen molar-refractivity contribution in [3.05, 3.63) is 65.0 Å². The SMILES string of the molecule is Clc1cccc2c1[CH]c1ccccc1-2. The van der Waals surface area contributed by atoms with Gasteiger partial charge in [-0.25, -0.2) is 0 Å². The average molecular weight is 200 g/mol. The van der Waals surface area contributed by atoms with Gasteiger partial charge in [-0.2, -0.15) is 0 Å². The van der Waals surface area contributed by atoms with Gasteiger partial charge in [-0.15, -0.1) is 0 Å². The van der Waals surface area contributed by atoms with Crippen LogP contribution in [0.1, 0.15) is 11.1 Å². The molecule has 0 nitrogen and oxygen atoms in total. The zero-order chi connectivity index (χ0) is 9.54. The van der Waals surface area contributed by atoms with Crippen LogP contribution in [0.3, 0.4) is 0 Å². The van der Waals surface area contributed by atoms with Crippen LogP contribution in [0.4, 0.5) is 0 Å². The van der Waals surface area contributed by atoms with E-state index in [2.05, 4.69) is 36.8 Å². The summed E-state index contributed by atoms with van der Waals surface area (Å²) >= 11 is 6.13. The highest BCUT2D eigenvalue weighted by atomic mass is 35.5. The van der Waals surface area contributed by atoms with Gasteiger partial charge in [0.25, 0.3) is 0 Å². The largest absolute Gasteiger partial charge is 0.0840 e. The Kier molecular flexibility index (Phi) is 1.65. The van der Waals surface area contributed by atoms with Crippen molar-refractivity contribution < 1.29 is 0 Å². The Labute approximate surface area is 88.2 Å². The molecule has 2 aromatic carbocycles. The Morgan fingerprint density at radius 2 is 1.57 bits per heavy atom. The first-order valence-corrected chi connectivity index (χ1v) is 4.97. The zero-order valence-electron chi connectivity index (χ0n) is 7.50. The number of rotatable bonds is 0. The monoisotopic (exact) mass is 199 g/mol. The topological polar surface area (TPSA) is 0 Å². The molecule has 0 saturated carbocycles. The Bertz CT molecular complexity index is 500. The summed E-state index contributed by atoms with van der Waals surface area (Å²) in [6, 6.07) is 14.4. The molecular weight excluding hydrogens is 192 g/mol. The third kappa shape index (κ3) is 1.01. The summed E-state index contributed by atoms with van der Waals surface area (Å²) in [4.78, 5) is 0. The molecule has 14 heavy (non-hydrogen) atoms. The van der Waals surface area contributed by atoms with Crippen molar-refractivity contribution >= 4 is 11.6 Å².